The molecule has 4 heteroatoms. The second kappa shape index (κ2) is 8.78. The number of rotatable bonds is 7. The number of aryl methyl sites for hydroxylation is 1. The minimum atomic E-state index is -0.198. The van der Waals surface area contributed by atoms with E-state index >= 15 is 0 Å². The third-order valence-corrected chi connectivity index (χ3v) is 3.81. The summed E-state index contributed by atoms with van der Waals surface area (Å²) in [6.07, 6.45) is 6.72. The fourth-order valence-corrected chi connectivity index (χ4v) is 2.58. The summed E-state index contributed by atoms with van der Waals surface area (Å²) in [5.41, 5.74) is 1.14. The number of benzene rings is 1. The summed E-state index contributed by atoms with van der Waals surface area (Å²) in [5, 5.41) is 2.95. The molecule has 0 bridgehead atoms. The Labute approximate surface area is 125 Å². The maximum Gasteiger partial charge on any atom is 0.222 e. The van der Waals surface area contributed by atoms with Gasteiger partial charge in [0, 0.05) is 13.2 Å². The van der Waals surface area contributed by atoms with E-state index in [-0.39, 0.29) is 17.8 Å². The number of carbonyl (C=O) groups excluding carboxylic acids is 1. The maximum atomic E-state index is 12.8. The lowest BCUT2D eigenvalue weighted by molar-refractivity contribution is -0.124. The predicted octanol–water partition coefficient (Wildman–Crippen LogP) is 3.22. The van der Waals surface area contributed by atoms with Gasteiger partial charge in [0.1, 0.15) is 5.82 Å². The molecule has 1 amide bonds. The summed E-state index contributed by atoms with van der Waals surface area (Å²) >= 11 is 0. The second-order valence-corrected chi connectivity index (χ2v) is 5.63. The first-order valence-corrected chi connectivity index (χ1v) is 7.87. The molecule has 1 aliphatic rings. The summed E-state index contributed by atoms with van der Waals surface area (Å²) in [5.74, 6) is -0.111. The normalized spacial score (nSPS) is 18.4. The van der Waals surface area contributed by atoms with E-state index < -0.39 is 0 Å². The van der Waals surface area contributed by atoms with Crippen LogP contribution in [-0.4, -0.2) is 25.2 Å². The molecule has 0 radical (unpaired) electrons. The van der Waals surface area contributed by atoms with Gasteiger partial charge in [0.2, 0.25) is 5.91 Å². The van der Waals surface area contributed by atoms with Crippen molar-refractivity contribution in [3.8, 4) is 0 Å². The molecule has 3 nitrogen and oxygen atoms in total. The molecule has 2 rings (SSSR count). The zero-order chi connectivity index (χ0) is 14.9. The average Bonchev–Trinajstić information content (AvgIpc) is 2.50. The molecule has 0 aliphatic carbocycles. The molecular weight excluding hydrogens is 269 g/mol. The van der Waals surface area contributed by atoms with Crippen LogP contribution >= 0.6 is 0 Å². The average molecular weight is 293 g/mol. The number of unbranched alkanes of at least 4 members (excludes halogenated alkanes) is 1. The second-order valence-electron chi connectivity index (χ2n) is 5.63. The summed E-state index contributed by atoms with van der Waals surface area (Å²) in [7, 11) is 0. The minimum absolute atomic E-state index is 0.0867. The van der Waals surface area contributed by atoms with Crippen LogP contribution in [0, 0.1) is 5.82 Å². The Morgan fingerprint density at radius 3 is 2.76 bits per heavy atom. The van der Waals surface area contributed by atoms with E-state index in [2.05, 4.69) is 5.32 Å². The van der Waals surface area contributed by atoms with Crippen molar-refractivity contribution in [1.82, 2.24) is 5.32 Å². The van der Waals surface area contributed by atoms with Gasteiger partial charge >= 0.3 is 0 Å². The SMILES string of the molecule is O=C(CC1CCCCO1)NCCCCc1ccc(F)cc1. The Morgan fingerprint density at radius 1 is 1.24 bits per heavy atom. The van der Waals surface area contributed by atoms with Gasteiger partial charge in [-0.2, -0.15) is 0 Å². The lowest BCUT2D eigenvalue weighted by atomic mass is 10.1. The molecule has 0 aromatic heterocycles. The molecule has 0 spiro atoms. The van der Waals surface area contributed by atoms with Crippen LogP contribution in [0.25, 0.3) is 0 Å². The van der Waals surface area contributed by atoms with Crippen LogP contribution < -0.4 is 5.32 Å². The number of halogens is 1. The number of hydrogen-bond donors (Lipinski definition) is 1. The first-order chi connectivity index (χ1) is 10.2. The van der Waals surface area contributed by atoms with Crippen molar-refractivity contribution in [2.24, 2.45) is 0 Å². The minimum Gasteiger partial charge on any atom is -0.378 e. The molecular formula is C17H24FNO2. The summed E-state index contributed by atoms with van der Waals surface area (Å²) in [4.78, 5) is 11.7. The van der Waals surface area contributed by atoms with Crippen molar-refractivity contribution in [2.75, 3.05) is 13.2 Å². The molecule has 1 aromatic carbocycles. The molecule has 1 aromatic rings. The fraction of sp³-hybridized carbons (Fsp3) is 0.588. The van der Waals surface area contributed by atoms with Gasteiger partial charge < -0.3 is 10.1 Å². The van der Waals surface area contributed by atoms with Crippen molar-refractivity contribution < 1.29 is 13.9 Å². The lowest BCUT2D eigenvalue weighted by Crippen LogP contribution is -2.31. The van der Waals surface area contributed by atoms with Crippen LogP contribution in [0.3, 0.4) is 0 Å². The van der Waals surface area contributed by atoms with Gasteiger partial charge in [-0.05, 0) is 56.2 Å². The van der Waals surface area contributed by atoms with Crippen LogP contribution in [0.5, 0.6) is 0 Å². The van der Waals surface area contributed by atoms with Gasteiger partial charge in [-0.1, -0.05) is 12.1 Å². The number of amides is 1. The van der Waals surface area contributed by atoms with Crippen LogP contribution in [0.4, 0.5) is 4.39 Å². The van der Waals surface area contributed by atoms with E-state index in [0.717, 1.165) is 50.7 Å². The number of carbonyl (C=O) groups is 1. The van der Waals surface area contributed by atoms with Crippen LogP contribution in [0.15, 0.2) is 24.3 Å². The van der Waals surface area contributed by atoms with Gasteiger partial charge in [0.25, 0.3) is 0 Å². The molecule has 0 saturated carbocycles. The zero-order valence-corrected chi connectivity index (χ0v) is 12.4. The monoisotopic (exact) mass is 293 g/mol. The molecule has 21 heavy (non-hydrogen) atoms. The number of nitrogens with one attached hydrogen (secondary N) is 1. The number of hydrogen-bond acceptors (Lipinski definition) is 2. The first-order valence-electron chi connectivity index (χ1n) is 7.87. The van der Waals surface area contributed by atoms with Gasteiger partial charge in [0.05, 0.1) is 12.5 Å². The molecule has 1 N–H and O–H groups in total. The quantitative estimate of drug-likeness (QED) is 0.784. The Balaban J connectivity index is 1.52. The summed E-state index contributed by atoms with van der Waals surface area (Å²) in [6, 6.07) is 6.60. The standard InChI is InChI=1S/C17H24FNO2/c18-15-9-7-14(8-10-15)5-1-3-11-19-17(20)13-16-6-2-4-12-21-16/h7-10,16H,1-6,11-13H2,(H,19,20). The molecule has 1 atom stereocenters. The van der Waals surface area contributed by atoms with E-state index in [1.807, 2.05) is 12.1 Å². The van der Waals surface area contributed by atoms with Crippen LogP contribution in [0.1, 0.15) is 44.1 Å². The Hall–Kier alpha value is -1.42. The van der Waals surface area contributed by atoms with E-state index in [1.165, 1.54) is 12.1 Å². The van der Waals surface area contributed by atoms with E-state index in [0.29, 0.717) is 13.0 Å². The summed E-state index contributed by atoms with van der Waals surface area (Å²) < 4.78 is 18.3. The smallest absolute Gasteiger partial charge is 0.222 e. The van der Waals surface area contributed by atoms with Crippen molar-refractivity contribution >= 4 is 5.91 Å². The molecule has 116 valence electrons. The third kappa shape index (κ3) is 6.25. The topological polar surface area (TPSA) is 38.3 Å². The summed E-state index contributed by atoms with van der Waals surface area (Å²) in [6.45, 7) is 1.49. The lowest BCUT2D eigenvalue weighted by Gasteiger charge is -2.21. The maximum absolute atomic E-state index is 12.8. The molecule has 1 unspecified atom stereocenters. The third-order valence-electron chi connectivity index (χ3n) is 3.81. The van der Waals surface area contributed by atoms with Gasteiger partial charge in [-0.25, -0.2) is 4.39 Å². The molecule has 1 fully saturated rings. The molecule has 1 saturated heterocycles. The van der Waals surface area contributed by atoms with Crippen LogP contribution in [-0.2, 0) is 16.0 Å². The van der Waals surface area contributed by atoms with Crippen molar-refractivity contribution in [2.45, 2.75) is 51.0 Å². The largest absolute Gasteiger partial charge is 0.378 e. The highest BCUT2D eigenvalue weighted by Crippen LogP contribution is 2.15. The Kier molecular flexibility index (Phi) is 6.67. The van der Waals surface area contributed by atoms with Gasteiger partial charge in [0.15, 0.2) is 0 Å². The first kappa shape index (κ1) is 16.0. The van der Waals surface area contributed by atoms with Crippen molar-refractivity contribution in [3.05, 3.63) is 35.6 Å². The highest BCUT2D eigenvalue weighted by atomic mass is 19.1. The van der Waals surface area contributed by atoms with Gasteiger partial charge in [-0.3, -0.25) is 4.79 Å². The Bertz CT molecular complexity index is 427. The molecule has 1 aliphatic heterocycles. The van der Waals surface area contributed by atoms with Crippen LogP contribution in [0.2, 0.25) is 0 Å². The van der Waals surface area contributed by atoms with E-state index in [1.54, 1.807) is 0 Å². The van der Waals surface area contributed by atoms with E-state index in [4.69, 9.17) is 4.74 Å². The van der Waals surface area contributed by atoms with Crippen molar-refractivity contribution in [3.63, 3.8) is 0 Å². The van der Waals surface area contributed by atoms with Gasteiger partial charge in [-0.15, -0.1) is 0 Å². The predicted molar refractivity (Wildman–Crippen MR) is 80.6 cm³/mol. The fourth-order valence-electron chi connectivity index (χ4n) is 2.58. The Morgan fingerprint density at radius 2 is 2.05 bits per heavy atom. The highest BCUT2D eigenvalue weighted by Gasteiger charge is 2.17. The highest BCUT2D eigenvalue weighted by molar-refractivity contribution is 5.76. The zero-order valence-electron chi connectivity index (χ0n) is 12.4. The van der Waals surface area contributed by atoms with Crippen molar-refractivity contribution in [1.29, 1.82) is 0 Å². The van der Waals surface area contributed by atoms with E-state index in [9.17, 15) is 9.18 Å². The number of ether oxygens (including phenoxy) is 1. The molecule has 1 heterocycles.